The molecule has 2 heterocycles. The number of aromatic nitrogens is 1. The summed E-state index contributed by atoms with van der Waals surface area (Å²) in [4.78, 5) is 11.5. The van der Waals surface area contributed by atoms with Crippen LogP contribution in [0.2, 0.25) is 0 Å². The highest BCUT2D eigenvalue weighted by atomic mass is 35.5. The Morgan fingerprint density at radius 1 is 1.29 bits per heavy atom. The first-order valence-corrected chi connectivity index (χ1v) is 8.27. The molecule has 0 bridgehead atoms. The van der Waals surface area contributed by atoms with Crippen molar-refractivity contribution in [1.82, 2.24) is 9.72 Å². The van der Waals surface area contributed by atoms with Crippen LogP contribution >= 0.6 is 11.6 Å². The molecule has 2 aromatic rings. The van der Waals surface area contributed by atoms with Crippen molar-refractivity contribution in [3.8, 4) is 0 Å². The number of alkyl halides is 1. The summed E-state index contributed by atoms with van der Waals surface area (Å²) >= 11 is 5.58. The third-order valence-corrected chi connectivity index (χ3v) is 4.47. The number of amides is 1. The maximum Gasteiger partial charge on any atom is 0.221 e. The van der Waals surface area contributed by atoms with Gasteiger partial charge in [0.2, 0.25) is 5.91 Å². The molecule has 1 aliphatic rings. The predicted molar refractivity (Wildman–Crippen MR) is 86.1 cm³/mol. The Hall–Kier alpha value is -1.48. The number of nitrogens with one attached hydrogen (secondary N) is 1. The van der Waals surface area contributed by atoms with Crippen LogP contribution in [0.5, 0.6) is 0 Å². The molecule has 1 N–H and O–H groups in total. The Morgan fingerprint density at radius 3 is 3.00 bits per heavy atom. The van der Waals surface area contributed by atoms with Crippen LogP contribution in [0.15, 0.2) is 24.4 Å². The Bertz CT molecular complexity index is 648. The van der Waals surface area contributed by atoms with Crippen molar-refractivity contribution in [2.24, 2.45) is 0 Å². The standard InChI is InChI=1S/C17H21ClN2O/c18-10-8-17(21)19-11-9-14-13-5-1-2-6-15(13)20-12-4-3-7-16(14)20/h3-4,7,12H,1-2,5-6,8-11H2,(H,19,21). The first-order valence-electron chi connectivity index (χ1n) is 7.73. The van der Waals surface area contributed by atoms with Crippen LogP contribution in [0.25, 0.3) is 5.52 Å². The number of hydrogen-bond acceptors (Lipinski definition) is 1. The van der Waals surface area contributed by atoms with E-state index in [0.717, 1.165) is 6.42 Å². The summed E-state index contributed by atoms with van der Waals surface area (Å²) < 4.78 is 2.34. The molecular weight excluding hydrogens is 284 g/mol. The van der Waals surface area contributed by atoms with Crippen molar-refractivity contribution in [3.05, 3.63) is 41.2 Å². The number of halogens is 1. The fraction of sp³-hybridized carbons (Fsp3) is 0.471. The highest BCUT2D eigenvalue weighted by molar-refractivity contribution is 6.18. The molecule has 0 atom stereocenters. The topological polar surface area (TPSA) is 33.5 Å². The van der Waals surface area contributed by atoms with E-state index in [2.05, 4.69) is 34.1 Å². The van der Waals surface area contributed by atoms with E-state index in [0.29, 0.717) is 18.8 Å². The monoisotopic (exact) mass is 304 g/mol. The van der Waals surface area contributed by atoms with Crippen molar-refractivity contribution in [1.29, 1.82) is 0 Å². The number of rotatable bonds is 5. The lowest BCUT2D eigenvalue weighted by Crippen LogP contribution is -2.25. The third kappa shape index (κ3) is 2.93. The number of aryl methyl sites for hydroxylation is 1. The summed E-state index contributed by atoms with van der Waals surface area (Å²) in [5.74, 6) is 0.429. The SMILES string of the molecule is O=C(CCCl)NCCc1c2c(n3ccccc13)CCCC2. The van der Waals surface area contributed by atoms with Gasteiger partial charge in [0, 0.05) is 36.3 Å². The van der Waals surface area contributed by atoms with Crippen molar-refractivity contribution in [2.45, 2.75) is 38.5 Å². The first kappa shape index (κ1) is 14.5. The van der Waals surface area contributed by atoms with Crippen molar-refractivity contribution in [2.75, 3.05) is 12.4 Å². The minimum absolute atomic E-state index is 0.0439. The molecule has 0 aliphatic heterocycles. The molecule has 2 aromatic heterocycles. The van der Waals surface area contributed by atoms with Gasteiger partial charge in [-0.1, -0.05) is 6.07 Å². The fourth-order valence-electron chi connectivity index (χ4n) is 3.34. The zero-order valence-electron chi connectivity index (χ0n) is 12.2. The molecule has 0 unspecified atom stereocenters. The normalized spacial score (nSPS) is 14.1. The summed E-state index contributed by atoms with van der Waals surface area (Å²) in [5.41, 5.74) is 5.70. The van der Waals surface area contributed by atoms with Gasteiger partial charge in [0.05, 0.1) is 0 Å². The fourth-order valence-corrected chi connectivity index (χ4v) is 3.51. The molecule has 21 heavy (non-hydrogen) atoms. The lowest BCUT2D eigenvalue weighted by molar-refractivity contribution is -0.120. The van der Waals surface area contributed by atoms with Gasteiger partial charge in [0.25, 0.3) is 0 Å². The summed E-state index contributed by atoms with van der Waals surface area (Å²) in [6.45, 7) is 0.691. The van der Waals surface area contributed by atoms with E-state index in [-0.39, 0.29) is 5.91 Å². The van der Waals surface area contributed by atoms with Gasteiger partial charge in [-0.25, -0.2) is 0 Å². The Labute approximate surface area is 130 Å². The van der Waals surface area contributed by atoms with E-state index < -0.39 is 0 Å². The largest absolute Gasteiger partial charge is 0.356 e. The Kier molecular flexibility index (Phi) is 4.49. The number of carbonyl (C=O) groups is 1. The molecule has 0 fully saturated rings. The summed E-state index contributed by atoms with van der Waals surface area (Å²) in [5, 5.41) is 2.96. The number of fused-ring (bicyclic) bond motifs is 3. The van der Waals surface area contributed by atoms with Crippen LogP contribution in [-0.2, 0) is 24.1 Å². The maximum atomic E-state index is 11.5. The molecule has 4 heteroatoms. The highest BCUT2D eigenvalue weighted by Gasteiger charge is 2.20. The van der Waals surface area contributed by atoms with Gasteiger partial charge in [-0.3, -0.25) is 4.79 Å². The molecule has 0 saturated heterocycles. The van der Waals surface area contributed by atoms with Gasteiger partial charge in [0.1, 0.15) is 0 Å². The molecule has 0 spiro atoms. The van der Waals surface area contributed by atoms with E-state index in [1.54, 1.807) is 0 Å². The lowest BCUT2D eigenvalue weighted by Gasteiger charge is -2.13. The van der Waals surface area contributed by atoms with E-state index in [1.807, 2.05) is 0 Å². The summed E-state index contributed by atoms with van der Waals surface area (Å²) in [6, 6.07) is 6.37. The Balaban J connectivity index is 1.82. The smallest absolute Gasteiger partial charge is 0.221 e. The van der Waals surface area contributed by atoms with Gasteiger partial charge in [-0.15, -0.1) is 11.6 Å². The third-order valence-electron chi connectivity index (χ3n) is 4.28. The van der Waals surface area contributed by atoms with Gasteiger partial charge >= 0.3 is 0 Å². The molecule has 3 rings (SSSR count). The molecule has 0 saturated carbocycles. The van der Waals surface area contributed by atoms with Crippen LogP contribution in [0, 0.1) is 0 Å². The van der Waals surface area contributed by atoms with E-state index >= 15 is 0 Å². The average molecular weight is 305 g/mol. The lowest BCUT2D eigenvalue weighted by atomic mass is 9.93. The number of pyridine rings is 1. The quantitative estimate of drug-likeness (QED) is 0.846. The van der Waals surface area contributed by atoms with Gasteiger partial charge < -0.3 is 9.72 Å². The van der Waals surface area contributed by atoms with Crippen LogP contribution < -0.4 is 5.32 Å². The van der Waals surface area contributed by atoms with Crippen molar-refractivity contribution >= 4 is 23.0 Å². The van der Waals surface area contributed by atoms with E-state index in [4.69, 9.17) is 11.6 Å². The van der Waals surface area contributed by atoms with Crippen molar-refractivity contribution in [3.63, 3.8) is 0 Å². The number of carbonyl (C=O) groups excluding carboxylic acids is 1. The summed E-state index contributed by atoms with van der Waals surface area (Å²) in [7, 11) is 0. The highest BCUT2D eigenvalue weighted by Crippen LogP contribution is 2.30. The number of nitrogens with zero attached hydrogens (tertiary/aromatic N) is 1. The molecule has 3 nitrogen and oxygen atoms in total. The summed E-state index contributed by atoms with van der Waals surface area (Å²) in [6.07, 6.45) is 8.35. The Morgan fingerprint density at radius 2 is 2.14 bits per heavy atom. The van der Waals surface area contributed by atoms with Gasteiger partial charge in [0.15, 0.2) is 0 Å². The van der Waals surface area contributed by atoms with E-state index in [9.17, 15) is 4.79 Å². The molecular formula is C17H21ClN2O. The predicted octanol–water partition coefficient (Wildman–Crippen LogP) is 3.11. The number of hydrogen-bond donors (Lipinski definition) is 1. The van der Waals surface area contributed by atoms with Gasteiger partial charge in [-0.2, -0.15) is 0 Å². The molecule has 0 aromatic carbocycles. The second-order valence-corrected chi connectivity index (χ2v) is 5.98. The van der Waals surface area contributed by atoms with Crippen LogP contribution in [0.4, 0.5) is 0 Å². The van der Waals surface area contributed by atoms with E-state index in [1.165, 1.54) is 48.0 Å². The second kappa shape index (κ2) is 6.52. The molecule has 112 valence electrons. The van der Waals surface area contributed by atoms with Crippen molar-refractivity contribution < 1.29 is 4.79 Å². The maximum absolute atomic E-state index is 11.5. The zero-order valence-corrected chi connectivity index (χ0v) is 13.0. The molecule has 0 radical (unpaired) electrons. The minimum Gasteiger partial charge on any atom is -0.356 e. The second-order valence-electron chi connectivity index (χ2n) is 5.61. The zero-order chi connectivity index (χ0) is 14.7. The molecule has 1 aliphatic carbocycles. The average Bonchev–Trinajstić information content (AvgIpc) is 2.83. The van der Waals surface area contributed by atoms with Gasteiger partial charge in [-0.05, 0) is 55.4 Å². The van der Waals surface area contributed by atoms with Crippen LogP contribution in [0.1, 0.15) is 36.1 Å². The molecule has 1 amide bonds. The van der Waals surface area contributed by atoms with Crippen LogP contribution in [0.3, 0.4) is 0 Å². The first-order chi connectivity index (χ1) is 10.3. The minimum atomic E-state index is 0.0439. The van der Waals surface area contributed by atoms with Crippen LogP contribution in [-0.4, -0.2) is 22.7 Å².